The molecule has 1 aliphatic rings. The molecule has 0 saturated heterocycles. The number of aromatic nitrogens is 2. The molecule has 144 valence electrons. The van der Waals surface area contributed by atoms with E-state index in [-0.39, 0.29) is 17.2 Å². The van der Waals surface area contributed by atoms with Crippen molar-refractivity contribution in [1.82, 2.24) is 15.5 Å². The number of hydrogen-bond donors (Lipinski definition) is 1. The Morgan fingerprint density at radius 3 is 2.93 bits per heavy atom. The predicted molar refractivity (Wildman–Crippen MR) is 110 cm³/mol. The number of rotatable bonds is 5. The van der Waals surface area contributed by atoms with Crippen LogP contribution in [0.3, 0.4) is 0 Å². The van der Waals surface area contributed by atoms with Crippen LogP contribution in [-0.4, -0.2) is 21.4 Å². The molecule has 0 radical (unpaired) electrons. The highest BCUT2D eigenvalue weighted by atomic mass is 32.2. The topological polar surface area (TPSA) is 68.0 Å². The van der Waals surface area contributed by atoms with Gasteiger partial charge in [-0.3, -0.25) is 4.79 Å². The summed E-state index contributed by atoms with van der Waals surface area (Å²) in [6.07, 6.45) is 3.14. The molecule has 0 unspecified atom stereocenters. The molecule has 1 amide bonds. The first-order chi connectivity index (χ1) is 13.6. The Morgan fingerprint density at radius 2 is 2.07 bits per heavy atom. The average Bonchev–Trinajstić information content (AvgIpc) is 3.17. The van der Waals surface area contributed by atoms with E-state index in [1.165, 1.54) is 22.9 Å². The minimum absolute atomic E-state index is 0.0120. The van der Waals surface area contributed by atoms with Crippen molar-refractivity contribution in [3.05, 3.63) is 65.2 Å². The zero-order valence-electron chi connectivity index (χ0n) is 16.0. The highest BCUT2D eigenvalue weighted by Gasteiger charge is 2.25. The second-order valence-corrected chi connectivity index (χ2v) is 8.45. The number of carbonyl (C=O) groups is 1. The van der Waals surface area contributed by atoms with Crippen molar-refractivity contribution >= 4 is 17.7 Å². The van der Waals surface area contributed by atoms with E-state index < -0.39 is 0 Å². The van der Waals surface area contributed by atoms with Crippen LogP contribution in [0.1, 0.15) is 42.5 Å². The quantitative estimate of drug-likeness (QED) is 0.635. The van der Waals surface area contributed by atoms with E-state index in [0.717, 1.165) is 30.4 Å². The number of benzene rings is 2. The summed E-state index contributed by atoms with van der Waals surface area (Å²) in [5.41, 5.74) is 4.58. The molecule has 0 fully saturated rings. The number of aryl methyl sites for hydroxylation is 2. The number of thioether (sulfide) groups is 1. The number of hydrogen-bond acceptors (Lipinski definition) is 5. The van der Waals surface area contributed by atoms with Crippen molar-refractivity contribution in [1.29, 1.82) is 0 Å². The van der Waals surface area contributed by atoms with Gasteiger partial charge in [-0.1, -0.05) is 53.7 Å². The van der Waals surface area contributed by atoms with Gasteiger partial charge in [0.05, 0.1) is 11.3 Å². The second-order valence-electron chi connectivity index (χ2n) is 7.15. The van der Waals surface area contributed by atoms with E-state index in [0.29, 0.717) is 11.1 Å². The monoisotopic (exact) mass is 393 g/mol. The molecule has 2 aromatic carbocycles. The molecule has 0 aliphatic heterocycles. The summed E-state index contributed by atoms with van der Waals surface area (Å²) >= 11 is 1.29. The van der Waals surface area contributed by atoms with Crippen molar-refractivity contribution in [2.45, 2.75) is 49.6 Å². The predicted octanol–water partition coefficient (Wildman–Crippen LogP) is 4.72. The molecular weight excluding hydrogens is 370 g/mol. The Bertz CT molecular complexity index is 985. The molecule has 1 N–H and O–H groups in total. The summed E-state index contributed by atoms with van der Waals surface area (Å²) in [5.74, 6) is 0.460. The largest absolute Gasteiger partial charge is 0.411 e. The van der Waals surface area contributed by atoms with Gasteiger partial charge in [0.1, 0.15) is 0 Å². The van der Waals surface area contributed by atoms with Crippen molar-refractivity contribution in [3.8, 4) is 11.5 Å². The standard InChI is InChI=1S/C22H23N3O2S/c1-14-7-5-10-17(13-14)21-24-25-22(27-21)28-15(2)20(26)23-19-12-6-9-16-8-3-4-11-18(16)19/h3-5,7-8,10-11,13,15,19H,6,9,12H2,1-2H3,(H,23,26)/t15-,19-/m0/s1. The SMILES string of the molecule is Cc1cccc(-c2nnc(S[C@@H](C)C(=O)N[C@H]3CCCc4ccccc43)o2)c1. The van der Waals surface area contributed by atoms with Gasteiger partial charge < -0.3 is 9.73 Å². The molecule has 1 heterocycles. The number of carbonyl (C=O) groups excluding carboxylic acids is 1. The molecular formula is C22H23N3O2S. The third-order valence-corrected chi connectivity index (χ3v) is 5.94. The van der Waals surface area contributed by atoms with Gasteiger partial charge >= 0.3 is 0 Å². The Kier molecular flexibility index (Phi) is 5.48. The first-order valence-electron chi connectivity index (χ1n) is 9.55. The lowest BCUT2D eigenvalue weighted by Gasteiger charge is -2.27. The van der Waals surface area contributed by atoms with Crippen LogP contribution in [0.15, 0.2) is 58.2 Å². The van der Waals surface area contributed by atoms with Crippen LogP contribution < -0.4 is 5.32 Å². The third-order valence-electron chi connectivity index (χ3n) is 5.00. The first kappa shape index (κ1) is 18.7. The number of amides is 1. The van der Waals surface area contributed by atoms with E-state index in [9.17, 15) is 4.79 Å². The van der Waals surface area contributed by atoms with Gasteiger partial charge in [0, 0.05) is 5.56 Å². The Hall–Kier alpha value is -2.60. The Balaban J connectivity index is 1.40. The van der Waals surface area contributed by atoms with Crippen LogP contribution in [0.25, 0.3) is 11.5 Å². The highest BCUT2D eigenvalue weighted by Crippen LogP contribution is 2.31. The van der Waals surface area contributed by atoms with Crippen molar-refractivity contribution in [2.75, 3.05) is 0 Å². The van der Waals surface area contributed by atoms with Crippen molar-refractivity contribution in [3.63, 3.8) is 0 Å². The van der Waals surface area contributed by atoms with Gasteiger partial charge in [-0.2, -0.15) is 0 Å². The number of nitrogens with one attached hydrogen (secondary N) is 1. The van der Waals surface area contributed by atoms with Crippen LogP contribution in [-0.2, 0) is 11.2 Å². The van der Waals surface area contributed by atoms with Gasteiger partial charge in [0.2, 0.25) is 11.8 Å². The molecule has 0 saturated carbocycles. The summed E-state index contributed by atoms with van der Waals surface area (Å²) < 4.78 is 5.75. The van der Waals surface area contributed by atoms with E-state index >= 15 is 0 Å². The zero-order valence-corrected chi connectivity index (χ0v) is 16.8. The van der Waals surface area contributed by atoms with Crippen molar-refractivity contribution in [2.24, 2.45) is 0 Å². The van der Waals surface area contributed by atoms with E-state index in [1.807, 2.05) is 44.2 Å². The maximum Gasteiger partial charge on any atom is 0.277 e. The van der Waals surface area contributed by atoms with Gasteiger partial charge in [-0.25, -0.2) is 0 Å². The molecule has 4 rings (SSSR count). The lowest BCUT2D eigenvalue weighted by atomic mass is 9.88. The van der Waals surface area contributed by atoms with E-state index in [1.54, 1.807) is 0 Å². The molecule has 5 nitrogen and oxygen atoms in total. The van der Waals surface area contributed by atoms with Gasteiger partial charge in [-0.15, -0.1) is 10.2 Å². The summed E-state index contributed by atoms with van der Waals surface area (Å²) in [6, 6.07) is 16.3. The molecule has 2 atom stereocenters. The normalized spacial score (nSPS) is 17.0. The van der Waals surface area contributed by atoms with Gasteiger partial charge in [0.15, 0.2) is 0 Å². The molecule has 0 bridgehead atoms. The lowest BCUT2D eigenvalue weighted by Crippen LogP contribution is -2.35. The van der Waals surface area contributed by atoms with Crippen LogP contribution in [0.5, 0.6) is 0 Å². The van der Waals surface area contributed by atoms with Gasteiger partial charge in [0.25, 0.3) is 5.22 Å². The Morgan fingerprint density at radius 1 is 1.21 bits per heavy atom. The molecule has 1 aromatic heterocycles. The first-order valence-corrected chi connectivity index (χ1v) is 10.4. The smallest absolute Gasteiger partial charge is 0.277 e. The van der Waals surface area contributed by atoms with Crippen LogP contribution >= 0.6 is 11.8 Å². The van der Waals surface area contributed by atoms with Gasteiger partial charge in [-0.05, 0) is 56.4 Å². The fourth-order valence-corrected chi connectivity index (χ4v) is 4.24. The number of nitrogens with zero attached hydrogens (tertiary/aromatic N) is 2. The van der Waals surface area contributed by atoms with Crippen LogP contribution in [0.2, 0.25) is 0 Å². The number of fused-ring (bicyclic) bond motifs is 1. The fourth-order valence-electron chi connectivity index (χ4n) is 3.55. The molecule has 6 heteroatoms. The summed E-state index contributed by atoms with van der Waals surface area (Å²) in [7, 11) is 0. The van der Waals surface area contributed by atoms with Crippen molar-refractivity contribution < 1.29 is 9.21 Å². The summed E-state index contributed by atoms with van der Waals surface area (Å²) in [6.45, 7) is 3.89. The summed E-state index contributed by atoms with van der Waals surface area (Å²) in [5, 5.41) is 11.5. The minimum atomic E-state index is -0.320. The summed E-state index contributed by atoms with van der Waals surface area (Å²) in [4.78, 5) is 12.7. The average molecular weight is 394 g/mol. The zero-order chi connectivity index (χ0) is 19.5. The second kappa shape index (κ2) is 8.19. The molecule has 0 spiro atoms. The van der Waals surface area contributed by atoms with Crippen LogP contribution in [0.4, 0.5) is 0 Å². The molecule has 3 aromatic rings. The third kappa shape index (κ3) is 4.12. The van der Waals surface area contributed by atoms with Crippen LogP contribution in [0, 0.1) is 6.92 Å². The highest BCUT2D eigenvalue weighted by molar-refractivity contribution is 8.00. The van der Waals surface area contributed by atoms with E-state index in [2.05, 4.69) is 33.7 Å². The maximum absolute atomic E-state index is 12.7. The Labute approximate surface area is 168 Å². The lowest BCUT2D eigenvalue weighted by molar-refractivity contribution is -0.121. The maximum atomic E-state index is 12.7. The fraction of sp³-hybridized carbons (Fsp3) is 0.318. The minimum Gasteiger partial charge on any atom is -0.411 e. The molecule has 28 heavy (non-hydrogen) atoms. The molecule has 1 aliphatic carbocycles. The van der Waals surface area contributed by atoms with E-state index in [4.69, 9.17) is 4.42 Å².